The van der Waals surface area contributed by atoms with E-state index in [0.717, 1.165) is 24.9 Å². The first-order valence-corrected chi connectivity index (χ1v) is 4.69. The third kappa shape index (κ3) is 2.81. The molecule has 1 rings (SSSR count). The van der Waals surface area contributed by atoms with Gasteiger partial charge in [-0.25, -0.2) is 4.39 Å². The van der Waals surface area contributed by atoms with E-state index >= 15 is 0 Å². The Balaban J connectivity index is 2.74. The lowest BCUT2D eigenvalue weighted by molar-refractivity contribution is 0.611. The van der Waals surface area contributed by atoms with Gasteiger partial charge in [-0.05, 0) is 43.6 Å². The summed E-state index contributed by atoms with van der Waals surface area (Å²) in [6.07, 6.45) is 1.73. The van der Waals surface area contributed by atoms with E-state index in [1.807, 2.05) is 26.1 Å². The molecular formula is C11H16FN. The van der Waals surface area contributed by atoms with Crippen LogP contribution in [0.5, 0.6) is 0 Å². The van der Waals surface area contributed by atoms with Gasteiger partial charge in [0.1, 0.15) is 5.82 Å². The monoisotopic (exact) mass is 181 g/mol. The van der Waals surface area contributed by atoms with Crippen LogP contribution in [-0.2, 0) is 12.8 Å². The molecule has 0 heterocycles. The first kappa shape index (κ1) is 10.2. The highest BCUT2D eigenvalue weighted by Crippen LogP contribution is 2.11. The molecule has 0 aromatic heterocycles. The van der Waals surface area contributed by atoms with E-state index in [-0.39, 0.29) is 5.82 Å². The molecular weight excluding hydrogens is 165 g/mol. The fourth-order valence-electron chi connectivity index (χ4n) is 1.32. The number of hydrogen-bond donors (Lipinski definition) is 1. The van der Waals surface area contributed by atoms with Crippen LogP contribution in [0.4, 0.5) is 4.39 Å². The molecule has 0 bridgehead atoms. The molecule has 72 valence electrons. The van der Waals surface area contributed by atoms with E-state index in [0.29, 0.717) is 0 Å². The second kappa shape index (κ2) is 4.97. The van der Waals surface area contributed by atoms with Gasteiger partial charge in [0, 0.05) is 0 Å². The molecule has 0 fully saturated rings. The van der Waals surface area contributed by atoms with Gasteiger partial charge in [-0.2, -0.15) is 0 Å². The Labute approximate surface area is 79.0 Å². The number of nitrogens with one attached hydrogen (secondary N) is 1. The average Bonchev–Trinajstić information content (AvgIpc) is 2.16. The normalized spacial score (nSPS) is 10.4. The molecule has 13 heavy (non-hydrogen) atoms. The highest BCUT2D eigenvalue weighted by molar-refractivity contribution is 5.25. The Morgan fingerprint density at radius 1 is 1.38 bits per heavy atom. The van der Waals surface area contributed by atoms with E-state index in [1.165, 1.54) is 5.56 Å². The van der Waals surface area contributed by atoms with Crippen molar-refractivity contribution >= 4 is 0 Å². The van der Waals surface area contributed by atoms with Gasteiger partial charge in [0.15, 0.2) is 0 Å². The zero-order chi connectivity index (χ0) is 9.68. The van der Waals surface area contributed by atoms with Crippen molar-refractivity contribution < 1.29 is 4.39 Å². The summed E-state index contributed by atoms with van der Waals surface area (Å²) in [5.41, 5.74) is 2.02. The zero-order valence-electron chi connectivity index (χ0n) is 8.23. The Hall–Kier alpha value is -0.890. The molecule has 0 unspecified atom stereocenters. The van der Waals surface area contributed by atoms with E-state index in [4.69, 9.17) is 0 Å². The van der Waals surface area contributed by atoms with E-state index < -0.39 is 0 Å². The molecule has 1 aromatic rings. The number of likely N-dealkylation sites (N-methyl/N-ethyl adjacent to an activating group) is 1. The van der Waals surface area contributed by atoms with Crippen LogP contribution < -0.4 is 5.32 Å². The minimum absolute atomic E-state index is 0.0873. The molecule has 0 atom stereocenters. The molecule has 0 spiro atoms. The molecule has 1 N–H and O–H groups in total. The maximum atomic E-state index is 13.1. The summed E-state index contributed by atoms with van der Waals surface area (Å²) in [5.74, 6) is -0.0873. The molecule has 1 nitrogen and oxygen atoms in total. The van der Waals surface area contributed by atoms with Crippen molar-refractivity contribution in [3.05, 3.63) is 35.1 Å². The van der Waals surface area contributed by atoms with Crippen LogP contribution in [0.3, 0.4) is 0 Å². The lowest BCUT2D eigenvalue weighted by atomic mass is 10.1. The number of aryl methyl sites for hydroxylation is 1. The Kier molecular flexibility index (Phi) is 3.90. The average molecular weight is 181 g/mol. The molecule has 1 aromatic carbocycles. The van der Waals surface area contributed by atoms with Crippen molar-refractivity contribution in [2.24, 2.45) is 0 Å². The molecule has 0 aliphatic carbocycles. The number of rotatable bonds is 4. The number of benzene rings is 1. The molecule has 0 aliphatic rings. The molecule has 0 aliphatic heterocycles. The number of hydrogen-bond acceptors (Lipinski definition) is 1. The van der Waals surface area contributed by atoms with Crippen molar-refractivity contribution in [2.45, 2.75) is 19.8 Å². The quantitative estimate of drug-likeness (QED) is 0.750. The topological polar surface area (TPSA) is 12.0 Å². The van der Waals surface area contributed by atoms with E-state index in [1.54, 1.807) is 6.07 Å². The first-order chi connectivity index (χ1) is 6.27. The minimum atomic E-state index is -0.0873. The summed E-state index contributed by atoms with van der Waals surface area (Å²) < 4.78 is 13.1. The fraction of sp³-hybridized carbons (Fsp3) is 0.455. The first-order valence-electron chi connectivity index (χ1n) is 4.69. The van der Waals surface area contributed by atoms with Gasteiger partial charge < -0.3 is 5.32 Å². The standard InChI is InChI=1S/C11H16FN/c1-3-10-8-9(6-7-13-2)4-5-11(10)12/h4-5,8,13H,3,6-7H2,1-2H3. The Morgan fingerprint density at radius 3 is 2.77 bits per heavy atom. The Morgan fingerprint density at radius 2 is 2.15 bits per heavy atom. The van der Waals surface area contributed by atoms with Crippen molar-refractivity contribution in [2.75, 3.05) is 13.6 Å². The maximum absolute atomic E-state index is 13.1. The van der Waals surface area contributed by atoms with Gasteiger partial charge in [0.25, 0.3) is 0 Å². The predicted molar refractivity (Wildman–Crippen MR) is 53.4 cm³/mol. The molecule has 0 saturated carbocycles. The van der Waals surface area contributed by atoms with Crippen LogP contribution >= 0.6 is 0 Å². The summed E-state index contributed by atoms with van der Waals surface area (Å²) in [4.78, 5) is 0. The SMILES string of the molecule is CCc1cc(CCNC)ccc1F. The van der Waals surface area contributed by atoms with Gasteiger partial charge in [-0.1, -0.05) is 19.1 Å². The van der Waals surface area contributed by atoms with Gasteiger partial charge in [-0.3, -0.25) is 0 Å². The summed E-state index contributed by atoms with van der Waals surface area (Å²) in [5, 5.41) is 3.07. The van der Waals surface area contributed by atoms with Gasteiger partial charge in [-0.15, -0.1) is 0 Å². The van der Waals surface area contributed by atoms with Crippen LogP contribution in [0.1, 0.15) is 18.1 Å². The third-order valence-electron chi connectivity index (χ3n) is 2.15. The summed E-state index contributed by atoms with van der Waals surface area (Å²) in [6.45, 7) is 2.91. The van der Waals surface area contributed by atoms with E-state index in [2.05, 4.69) is 5.32 Å². The van der Waals surface area contributed by atoms with Crippen LogP contribution in [0.15, 0.2) is 18.2 Å². The molecule has 0 saturated heterocycles. The highest BCUT2D eigenvalue weighted by Gasteiger charge is 2.00. The molecule has 0 radical (unpaired) electrons. The smallest absolute Gasteiger partial charge is 0.126 e. The lowest BCUT2D eigenvalue weighted by Gasteiger charge is -2.04. The molecule has 0 amide bonds. The van der Waals surface area contributed by atoms with Crippen molar-refractivity contribution in [1.82, 2.24) is 5.32 Å². The largest absolute Gasteiger partial charge is 0.319 e. The lowest BCUT2D eigenvalue weighted by Crippen LogP contribution is -2.10. The van der Waals surface area contributed by atoms with Crippen LogP contribution in [0.2, 0.25) is 0 Å². The highest BCUT2D eigenvalue weighted by atomic mass is 19.1. The van der Waals surface area contributed by atoms with Gasteiger partial charge in [0.05, 0.1) is 0 Å². The van der Waals surface area contributed by atoms with E-state index in [9.17, 15) is 4.39 Å². The zero-order valence-corrected chi connectivity index (χ0v) is 8.23. The van der Waals surface area contributed by atoms with Gasteiger partial charge in [0.2, 0.25) is 0 Å². The predicted octanol–water partition coefficient (Wildman–Crippen LogP) is 2.15. The van der Waals surface area contributed by atoms with Crippen LogP contribution in [-0.4, -0.2) is 13.6 Å². The third-order valence-corrected chi connectivity index (χ3v) is 2.15. The maximum Gasteiger partial charge on any atom is 0.126 e. The summed E-state index contributed by atoms with van der Waals surface area (Å²) >= 11 is 0. The number of halogens is 1. The summed E-state index contributed by atoms with van der Waals surface area (Å²) in [7, 11) is 1.92. The fourth-order valence-corrected chi connectivity index (χ4v) is 1.32. The van der Waals surface area contributed by atoms with Gasteiger partial charge >= 0.3 is 0 Å². The van der Waals surface area contributed by atoms with Crippen LogP contribution in [0.25, 0.3) is 0 Å². The second-order valence-corrected chi connectivity index (χ2v) is 3.13. The molecule has 2 heteroatoms. The van der Waals surface area contributed by atoms with Crippen molar-refractivity contribution in [3.8, 4) is 0 Å². The second-order valence-electron chi connectivity index (χ2n) is 3.13. The summed E-state index contributed by atoms with van der Waals surface area (Å²) in [6, 6.07) is 5.36. The van der Waals surface area contributed by atoms with Crippen molar-refractivity contribution in [3.63, 3.8) is 0 Å². The Bertz CT molecular complexity index is 271. The minimum Gasteiger partial charge on any atom is -0.319 e. The van der Waals surface area contributed by atoms with Crippen molar-refractivity contribution in [1.29, 1.82) is 0 Å². The van der Waals surface area contributed by atoms with Crippen LogP contribution in [0, 0.1) is 5.82 Å².